The normalized spacial score (nSPS) is 9.86. The Balaban J connectivity index is 1.84. The molecule has 22 heavy (non-hydrogen) atoms. The van der Waals surface area contributed by atoms with Gasteiger partial charge < -0.3 is 25.2 Å². The molecule has 0 aliphatic heterocycles. The molecule has 0 radical (unpaired) electrons. The Labute approximate surface area is 128 Å². The van der Waals surface area contributed by atoms with Crippen molar-refractivity contribution in [3.63, 3.8) is 0 Å². The first-order valence-corrected chi connectivity index (χ1v) is 6.88. The number of hydrogen-bond acceptors (Lipinski definition) is 4. The maximum atomic E-state index is 11.7. The van der Waals surface area contributed by atoms with Gasteiger partial charge in [-0.05, 0) is 31.2 Å². The Bertz CT molecular complexity index is 631. The molecule has 2 aromatic carbocycles. The molecule has 3 N–H and O–H groups in total. The van der Waals surface area contributed by atoms with Crippen molar-refractivity contribution in [2.24, 2.45) is 0 Å². The van der Waals surface area contributed by atoms with Crippen LogP contribution >= 0.6 is 0 Å². The summed E-state index contributed by atoms with van der Waals surface area (Å²) in [6.07, 6.45) is 0. The summed E-state index contributed by atoms with van der Waals surface area (Å²) < 4.78 is 10.9. The van der Waals surface area contributed by atoms with Gasteiger partial charge in [0.15, 0.2) is 18.2 Å². The molecule has 116 valence electrons. The number of amides is 2. The van der Waals surface area contributed by atoms with Gasteiger partial charge in [0.1, 0.15) is 5.75 Å². The Hall–Kier alpha value is -2.89. The Morgan fingerprint density at radius 3 is 2.36 bits per heavy atom. The first kappa shape index (κ1) is 15.5. The molecule has 2 aromatic rings. The second-order valence-electron chi connectivity index (χ2n) is 4.32. The molecule has 0 spiro atoms. The second-order valence-corrected chi connectivity index (χ2v) is 4.32. The quantitative estimate of drug-likeness (QED) is 0.566. The third-order valence-corrected chi connectivity index (χ3v) is 2.76. The number of aromatic hydroxyl groups is 1. The van der Waals surface area contributed by atoms with Crippen molar-refractivity contribution in [2.75, 3.05) is 18.7 Å². The smallest absolute Gasteiger partial charge is 0.321 e. The van der Waals surface area contributed by atoms with Crippen LogP contribution in [0.1, 0.15) is 6.92 Å². The number of phenols is 1. The maximum absolute atomic E-state index is 11.7. The van der Waals surface area contributed by atoms with E-state index in [9.17, 15) is 9.90 Å². The number of phenolic OH excluding ortho intramolecular Hbond substituents is 1. The molecule has 0 saturated heterocycles. The van der Waals surface area contributed by atoms with Crippen LogP contribution < -0.4 is 20.1 Å². The molecule has 6 nitrogen and oxygen atoms in total. The van der Waals surface area contributed by atoms with Crippen LogP contribution in [0.3, 0.4) is 0 Å². The van der Waals surface area contributed by atoms with Crippen LogP contribution in [0.5, 0.6) is 17.2 Å². The van der Waals surface area contributed by atoms with Crippen molar-refractivity contribution in [3.05, 3.63) is 48.5 Å². The number of urea groups is 1. The van der Waals surface area contributed by atoms with Crippen LogP contribution in [-0.4, -0.2) is 24.5 Å². The zero-order valence-corrected chi connectivity index (χ0v) is 12.2. The van der Waals surface area contributed by atoms with Gasteiger partial charge in [0.05, 0.1) is 12.3 Å². The van der Waals surface area contributed by atoms with Crippen LogP contribution in [0.4, 0.5) is 10.5 Å². The lowest BCUT2D eigenvalue weighted by molar-refractivity contribution is 0.229. The van der Waals surface area contributed by atoms with Gasteiger partial charge in [0, 0.05) is 0 Å². The molecule has 0 unspecified atom stereocenters. The molecule has 0 heterocycles. The maximum Gasteiger partial charge on any atom is 0.321 e. The van der Waals surface area contributed by atoms with Crippen molar-refractivity contribution < 1.29 is 19.4 Å². The van der Waals surface area contributed by atoms with Gasteiger partial charge in [-0.2, -0.15) is 0 Å². The Kier molecular flexibility index (Phi) is 5.48. The first-order chi connectivity index (χ1) is 10.7. The molecule has 0 aliphatic rings. The van der Waals surface area contributed by atoms with Crippen LogP contribution in [0.25, 0.3) is 0 Å². The lowest BCUT2D eigenvalue weighted by Crippen LogP contribution is -2.32. The topological polar surface area (TPSA) is 79.8 Å². The minimum absolute atomic E-state index is 0.000241. The summed E-state index contributed by atoms with van der Waals surface area (Å²) in [6.45, 7) is 2.39. The molecular weight excluding hydrogens is 284 g/mol. The van der Waals surface area contributed by atoms with E-state index in [-0.39, 0.29) is 12.5 Å². The van der Waals surface area contributed by atoms with E-state index in [0.29, 0.717) is 23.8 Å². The number of rotatable bonds is 6. The van der Waals surface area contributed by atoms with Gasteiger partial charge in [-0.25, -0.2) is 4.79 Å². The number of para-hydroxylation sites is 4. The fourth-order valence-electron chi connectivity index (χ4n) is 1.77. The van der Waals surface area contributed by atoms with Gasteiger partial charge in [0.25, 0.3) is 0 Å². The van der Waals surface area contributed by atoms with E-state index in [0.717, 1.165) is 0 Å². The first-order valence-electron chi connectivity index (χ1n) is 6.88. The summed E-state index contributed by atoms with van der Waals surface area (Å²) in [7, 11) is 0. The zero-order valence-electron chi connectivity index (χ0n) is 12.2. The molecule has 0 fully saturated rings. The van der Waals surface area contributed by atoms with Gasteiger partial charge in [-0.3, -0.25) is 0 Å². The number of hydrogen-bond donors (Lipinski definition) is 3. The number of anilines is 1. The Morgan fingerprint density at radius 2 is 1.68 bits per heavy atom. The van der Waals surface area contributed by atoms with Crippen molar-refractivity contribution in [3.8, 4) is 17.2 Å². The highest BCUT2D eigenvalue weighted by Crippen LogP contribution is 2.26. The minimum atomic E-state index is -0.476. The summed E-state index contributed by atoms with van der Waals surface area (Å²) in [6, 6.07) is 13.2. The zero-order chi connectivity index (χ0) is 15.8. The number of carbonyl (C=O) groups is 1. The highest BCUT2D eigenvalue weighted by molar-refractivity contribution is 5.90. The Morgan fingerprint density at radius 1 is 1.05 bits per heavy atom. The van der Waals surface area contributed by atoms with Crippen LogP contribution in [0.15, 0.2) is 48.5 Å². The molecule has 0 saturated carbocycles. The van der Waals surface area contributed by atoms with E-state index >= 15 is 0 Å². The van der Waals surface area contributed by atoms with Gasteiger partial charge >= 0.3 is 6.03 Å². The molecule has 0 atom stereocenters. The molecule has 2 amide bonds. The average Bonchev–Trinajstić information content (AvgIpc) is 2.51. The molecule has 2 rings (SSSR count). The van der Waals surface area contributed by atoms with Gasteiger partial charge in [-0.1, -0.05) is 24.3 Å². The predicted octanol–water partition coefficient (Wildman–Crippen LogP) is 2.95. The summed E-state index contributed by atoms with van der Waals surface area (Å²) in [4.78, 5) is 11.7. The minimum Gasteiger partial charge on any atom is -0.506 e. The average molecular weight is 302 g/mol. The summed E-state index contributed by atoms with van der Waals surface area (Å²) >= 11 is 0. The number of benzene rings is 2. The van der Waals surface area contributed by atoms with Crippen molar-refractivity contribution in [2.45, 2.75) is 6.92 Å². The lowest BCUT2D eigenvalue weighted by Gasteiger charge is -2.13. The summed E-state index contributed by atoms with van der Waals surface area (Å²) in [5.74, 6) is 1.17. The van der Waals surface area contributed by atoms with E-state index in [1.165, 1.54) is 6.07 Å². The van der Waals surface area contributed by atoms with Crippen molar-refractivity contribution in [1.29, 1.82) is 0 Å². The van der Waals surface area contributed by atoms with E-state index < -0.39 is 6.03 Å². The standard InChI is InChI=1S/C16H18N2O4/c1-2-21-14-9-5-6-10-15(14)22-11-17-16(20)18-12-7-3-4-8-13(12)19/h3-10,19H,2,11H2,1H3,(H2,17,18,20). The molecule has 6 heteroatoms. The van der Waals surface area contributed by atoms with Gasteiger partial charge in [-0.15, -0.1) is 0 Å². The third kappa shape index (κ3) is 4.31. The highest BCUT2D eigenvalue weighted by Gasteiger charge is 2.06. The molecule has 0 aromatic heterocycles. The van der Waals surface area contributed by atoms with E-state index in [1.54, 1.807) is 30.3 Å². The number of carbonyl (C=O) groups excluding carboxylic acids is 1. The van der Waals surface area contributed by atoms with E-state index in [1.807, 2.05) is 19.1 Å². The molecular formula is C16H18N2O4. The lowest BCUT2D eigenvalue weighted by atomic mass is 10.3. The molecule has 0 bridgehead atoms. The molecule has 0 aliphatic carbocycles. The fraction of sp³-hybridized carbons (Fsp3) is 0.188. The summed E-state index contributed by atoms with van der Waals surface area (Å²) in [5, 5.41) is 14.6. The third-order valence-electron chi connectivity index (χ3n) is 2.76. The monoisotopic (exact) mass is 302 g/mol. The number of ether oxygens (including phenoxy) is 2. The fourth-order valence-corrected chi connectivity index (χ4v) is 1.77. The summed E-state index contributed by atoms with van der Waals surface area (Å²) in [5.41, 5.74) is 0.328. The van der Waals surface area contributed by atoms with E-state index in [4.69, 9.17) is 9.47 Å². The number of nitrogens with one attached hydrogen (secondary N) is 2. The van der Waals surface area contributed by atoms with Crippen LogP contribution in [0, 0.1) is 0 Å². The second kappa shape index (κ2) is 7.78. The van der Waals surface area contributed by atoms with Crippen LogP contribution in [0.2, 0.25) is 0 Å². The highest BCUT2D eigenvalue weighted by atomic mass is 16.5. The van der Waals surface area contributed by atoms with Gasteiger partial charge in [0.2, 0.25) is 0 Å². The van der Waals surface area contributed by atoms with Crippen molar-refractivity contribution in [1.82, 2.24) is 5.32 Å². The van der Waals surface area contributed by atoms with Crippen LogP contribution in [-0.2, 0) is 0 Å². The predicted molar refractivity (Wildman–Crippen MR) is 83.4 cm³/mol. The van der Waals surface area contributed by atoms with E-state index in [2.05, 4.69) is 10.6 Å². The van der Waals surface area contributed by atoms with Crippen molar-refractivity contribution >= 4 is 11.7 Å². The largest absolute Gasteiger partial charge is 0.506 e. The SMILES string of the molecule is CCOc1ccccc1OCNC(=O)Nc1ccccc1O.